The van der Waals surface area contributed by atoms with Crippen LogP contribution in [0.15, 0.2) is 6.07 Å². The molecule has 0 aromatic heterocycles. The van der Waals surface area contributed by atoms with Gasteiger partial charge in [-0.2, -0.15) is 0 Å². The van der Waals surface area contributed by atoms with Gasteiger partial charge in [-0.05, 0) is 18.9 Å². The van der Waals surface area contributed by atoms with Crippen LogP contribution in [0.4, 0.5) is 0 Å². The van der Waals surface area contributed by atoms with Gasteiger partial charge in [-0.1, -0.05) is 26.7 Å². The lowest BCUT2D eigenvalue weighted by atomic mass is 9.94. The molecule has 4 heteroatoms. The Kier molecular flexibility index (Phi) is 5.21. The van der Waals surface area contributed by atoms with E-state index < -0.39 is 0 Å². The topological polar surface area (TPSA) is 60.8 Å². The van der Waals surface area contributed by atoms with Crippen molar-refractivity contribution in [3.8, 4) is 11.5 Å². The summed E-state index contributed by atoms with van der Waals surface area (Å²) >= 11 is 0. The molecular weight excluding hydrogens is 242 g/mol. The standard InChI is InChI=1S/C15H23NO3/c1-5-7-10-11(8-6-2)14(18)12(9-13(10)17)15(19)16(3)4/h9,17-18H,5-8H2,1-4H3. The highest BCUT2D eigenvalue weighted by atomic mass is 16.3. The number of phenols is 2. The number of rotatable bonds is 5. The first kappa shape index (κ1) is 15.3. The largest absolute Gasteiger partial charge is 0.508 e. The molecule has 0 spiro atoms. The Morgan fingerprint density at radius 1 is 1.11 bits per heavy atom. The zero-order valence-electron chi connectivity index (χ0n) is 12.2. The molecule has 0 unspecified atom stereocenters. The summed E-state index contributed by atoms with van der Waals surface area (Å²) in [6.07, 6.45) is 3.09. The maximum Gasteiger partial charge on any atom is 0.257 e. The summed E-state index contributed by atoms with van der Waals surface area (Å²) in [4.78, 5) is 13.4. The van der Waals surface area contributed by atoms with E-state index in [0.29, 0.717) is 18.4 Å². The summed E-state index contributed by atoms with van der Waals surface area (Å²) in [5.41, 5.74) is 1.64. The molecule has 0 saturated heterocycles. The van der Waals surface area contributed by atoms with Gasteiger partial charge in [-0.25, -0.2) is 0 Å². The lowest BCUT2D eigenvalue weighted by Gasteiger charge is -2.18. The van der Waals surface area contributed by atoms with Gasteiger partial charge in [-0.3, -0.25) is 4.79 Å². The minimum absolute atomic E-state index is 0.0156. The molecule has 1 aromatic carbocycles. The fraction of sp³-hybridized carbons (Fsp3) is 0.533. The van der Waals surface area contributed by atoms with Crippen molar-refractivity contribution in [3.05, 3.63) is 22.8 Å². The zero-order valence-corrected chi connectivity index (χ0v) is 12.2. The number of benzene rings is 1. The minimum Gasteiger partial charge on any atom is -0.508 e. The third-order valence-corrected chi connectivity index (χ3v) is 3.13. The van der Waals surface area contributed by atoms with Crippen molar-refractivity contribution < 1.29 is 15.0 Å². The third-order valence-electron chi connectivity index (χ3n) is 3.13. The van der Waals surface area contributed by atoms with Crippen LogP contribution >= 0.6 is 0 Å². The lowest BCUT2D eigenvalue weighted by molar-refractivity contribution is 0.0824. The Morgan fingerprint density at radius 2 is 1.63 bits per heavy atom. The number of hydrogen-bond acceptors (Lipinski definition) is 3. The molecule has 0 aliphatic rings. The van der Waals surface area contributed by atoms with Crippen LogP contribution in [-0.2, 0) is 12.8 Å². The summed E-state index contributed by atoms with van der Waals surface area (Å²) in [7, 11) is 3.25. The van der Waals surface area contributed by atoms with E-state index in [0.717, 1.165) is 18.4 Å². The molecule has 4 nitrogen and oxygen atoms in total. The van der Waals surface area contributed by atoms with E-state index in [2.05, 4.69) is 0 Å². The lowest BCUT2D eigenvalue weighted by Crippen LogP contribution is -2.22. The monoisotopic (exact) mass is 265 g/mol. The molecule has 0 radical (unpaired) electrons. The van der Waals surface area contributed by atoms with E-state index in [1.807, 2.05) is 13.8 Å². The fourth-order valence-corrected chi connectivity index (χ4v) is 2.20. The maximum absolute atomic E-state index is 12.0. The van der Waals surface area contributed by atoms with Gasteiger partial charge < -0.3 is 15.1 Å². The van der Waals surface area contributed by atoms with E-state index in [1.165, 1.54) is 11.0 Å². The van der Waals surface area contributed by atoms with Gasteiger partial charge in [0.05, 0.1) is 5.56 Å². The molecule has 106 valence electrons. The van der Waals surface area contributed by atoms with E-state index in [4.69, 9.17) is 0 Å². The third kappa shape index (κ3) is 3.19. The van der Waals surface area contributed by atoms with Crippen LogP contribution in [0.25, 0.3) is 0 Å². The number of phenolic OH excluding ortho intramolecular Hbond substituents is 2. The quantitative estimate of drug-likeness (QED) is 0.805. The normalized spacial score (nSPS) is 10.5. The Labute approximate surface area is 114 Å². The number of aromatic hydroxyl groups is 2. The molecule has 0 aliphatic carbocycles. The van der Waals surface area contributed by atoms with Gasteiger partial charge in [-0.15, -0.1) is 0 Å². The number of amides is 1. The minimum atomic E-state index is -0.298. The van der Waals surface area contributed by atoms with Crippen molar-refractivity contribution in [3.63, 3.8) is 0 Å². The summed E-state index contributed by atoms with van der Waals surface area (Å²) in [6, 6.07) is 1.38. The van der Waals surface area contributed by atoms with Crippen molar-refractivity contribution in [1.29, 1.82) is 0 Å². The van der Waals surface area contributed by atoms with Crippen molar-refractivity contribution in [1.82, 2.24) is 4.90 Å². The number of nitrogens with zero attached hydrogens (tertiary/aromatic N) is 1. The first-order valence-corrected chi connectivity index (χ1v) is 6.72. The Hall–Kier alpha value is -1.71. The van der Waals surface area contributed by atoms with Crippen LogP contribution in [0.2, 0.25) is 0 Å². The summed E-state index contributed by atoms with van der Waals surface area (Å²) < 4.78 is 0. The summed E-state index contributed by atoms with van der Waals surface area (Å²) in [6.45, 7) is 4.03. The van der Waals surface area contributed by atoms with Crippen molar-refractivity contribution >= 4 is 5.91 Å². The second-order valence-electron chi connectivity index (χ2n) is 4.95. The highest BCUT2D eigenvalue weighted by Gasteiger charge is 2.21. The molecule has 1 amide bonds. The number of carbonyl (C=O) groups is 1. The molecule has 0 fully saturated rings. The van der Waals surface area contributed by atoms with Crippen LogP contribution in [-0.4, -0.2) is 35.1 Å². The zero-order chi connectivity index (χ0) is 14.6. The van der Waals surface area contributed by atoms with Gasteiger partial charge in [0.25, 0.3) is 5.91 Å². The molecule has 0 atom stereocenters. The molecule has 0 bridgehead atoms. The average molecular weight is 265 g/mol. The second kappa shape index (κ2) is 6.45. The Morgan fingerprint density at radius 3 is 2.11 bits per heavy atom. The smallest absolute Gasteiger partial charge is 0.257 e. The predicted molar refractivity (Wildman–Crippen MR) is 75.8 cm³/mol. The van der Waals surface area contributed by atoms with Crippen LogP contribution < -0.4 is 0 Å². The van der Waals surface area contributed by atoms with Crippen LogP contribution in [0.1, 0.15) is 48.2 Å². The van der Waals surface area contributed by atoms with Gasteiger partial charge >= 0.3 is 0 Å². The first-order chi connectivity index (χ1) is 8.93. The van der Waals surface area contributed by atoms with Crippen molar-refractivity contribution in [2.75, 3.05) is 14.1 Å². The summed E-state index contributed by atoms with van der Waals surface area (Å²) in [5, 5.41) is 20.4. The Bertz CT molecular complexity index is 467. The average Bonchev–Trinajstić information content (AvgIpc) is 2.36. The van der Waals surface area contributed by atoms with Gasteiger partial charge in [0.1, 0.15) is 11.5 Å². The SMILES string of the molecule is CCCc1c(O)cc(C(=O)N(C)C)c(O)c1CCC. The molecule has 19 heavy (non-hydrogen) atoms. The van der Waals surface area contributed by atoms with Gasteiger partial charge in [0.15, 0.2) is 0 Å². The molecule has 2 N–H and O–H groups in total. The highest BCUT2D eigenvalue weighted by molar-refractivity contribution is 5.97. The van der Waals surface area contributed by atoms with Crippen LogP contribution in [0.5, 0.6) is 11.5 Å². The molecule has 0 heterocycles. The Balaban J connectivity index is 3.42. The number of carbonyl (C=O) groups excluding carboxylic acids is 1. The first-order valence-electron chi connectivity index (χ1n) is 6.72. The summed E-state index contributed by atoms with van der Waals surface area (Å²) in [5.74, 6) is -0.177. The van der Waals surface area contributed by atoms with Crippen molar-refractivity contribution in [2.24, 2.45) is 0 Å². The van der Waals surface area contributed by atoms with Crippen LogP contribution in [0, 0.1) is 0 Å². The van der Waals surface area contributed by atoms with E-state index in [-0.39, 0.29) is 23.0 Å². The predicted octanol–water partition coefficient (Wildman–Crippen LogP) is 2.70. The molecule has 0 saturated carbocycles. The number of hydrogen-bond donors (Lipinski definition) is 2. The molecule has 1 aromatic rings. The highest BCUT2D eigenvalue weighted by Crippen LogP contribution is 2.35. The second-order valence-corrected chi connectivity index (χ2v) is 4.95. The molecule has 0 aliphatic heterocycles. The fourth-order valence-electron chi connectivity index (χ4n) is 2.20. The van der Waals surface area contributed by atoms with Gasteiger partial charge in [0, 0.05) is 25.2 Å². The van der Waals surface area contributed by atoms with Crippen molar-refractivity contribution in [2.45, 2.75) is 39.5 Å². The van der Waals surface area contributed by atoms with E-state index >= 15 is 0 Å². The van der Waals surface area contributed by atoms with Crippen LogP contribution in [0.3, 0.4) is 0 Å². The van der Waals surface area contributed by atoms with E-state index in [9.17, 15) is 15.0 Å². The molecule has 1 rings (SSSR count). The van der Waals surface area contributed by atoms with Gasteiger partial charge in [0.2, 0.25) is 0 Å². The maximum atomic E-state index is 12.0. The molecular formula is C15H23NO3. The van der Waals surface area contributed by atoms with E-state index in [1.54, 1.807) is 14.1 Å².